The van der Waals surface area contributed by atoms with Crippen molar-refractivity contribution < 1.29 is 22.7 Å². The number of likely N-dealkylation sites (N-methyl/N-ethyl adjacent to an activating group) is 1. The van der Waals surface area contributed by atoms with Crippen LogP contribution in [0.15, 0.2) is 54.6 Å². The number of halogens is 3. The van der Waals surface area contributed by atoms with Crippen LogP contribution in [0.1, 0.15) is 24.6 Å². The summed E-state index contributed by atoms with van der Waals surface area (Å²) in [5.41, 5.74) is 3.91. The summed E-state index contributed by atoms with van der Waals surface area (Å²) in [7, 11) is 3.73. The molecule has 2 aliphatic rings. The molecule has 2 unspecified atom stereocenters. The Hall–Kier alpha value is -3.98. The molecule has 0 radical (unpaired) electrons. The minimum absolute atomic E-state index is 0.0493. The third-order valence-corrected chi connectivity index (χ3v) is 7.24. The van der Waals surface area contributed by atoms with Gasteiger partial charge >= 0.3 is 0 Å². The molecule has 0 spiro atoms. The quantitative estimate of drug-likeness (QED) is 0.347. The number of hydrogen-bond acceptors (Lipinski definition) is 4. The zero-order valence-electron chi connectivity index (χ0n) is 20.3. The summed E-state index contributed by atoms with van der Waals surface area (Å²) in [5, 5.41) is 6.89. The number of carbonyl (C=O) groups excluding carboxylic acids is 1. The molecule has 0 saturated carbocycles. The number of amides is 1. The number of benzene rings is 3. The number of anilines is 2. The van der Waals surface area contributed by atoms with Gasteiger partial charge in [0.15, 0.2) is 17.5 Å². The predicted octanol–water partition coefficient (Wildman–Crippen LogP) is 5.74. The molecule has 4 aromatic rings. The lowest BCUT2D eigenvalue weighted by molar-refractivity contribution is -0.119. The fourth-order valence-electron chi connectivity index (χ4n) is 5.34. The van der Waals surface area contributed by atoms with Crippen molar-refractivity contribution in [1.82, 2.24) is 9.47 Å². The Kier molecular flexibility index (Phi) is 5.60. The van der Waals surface area contributed by atoms with Crippen LogP contribution < -0.4 is 15.4 Å². The van der Waals surface area contributed by atoms with E-state index in [1.807, 2.05) is 52.9 Å². The molecule has 3 aromatic carbocycles. The van der Waals surface area contributed by atoms with Crippen LogP contribution in [0.3, 0.4) is 0 Å². The van der Waals surface area contributed by atoms with Crippen molar-refractivity contribution in [3.05, 3.63) is 77.6 Å². The molecular weight excluding hydrogens is 481 g/mol. The fourth-order valence-corrected chi connectivity index (χ4v) is 5.34. The van der Waals surface area contributed by atoms with E-state index in [1.165, 1.54) is 0 Å². The molecule has 6 rings (SSSR count). The Labute approximate surface area is 211 Å². The standard InChI is InChI=1S/C28H25F3N4O2/c1-32-17-5-7-19-24-13-15-10-18(33-27(36)23-4-3-9-34(23)2)6-8-22(15)35(24)28(37-25(19)14-17)16-11-20(29)26(31)21(30)12-16/h5-8,10-14,23,28,32H,3-4,9H2,1-2H3,(H,33,36). The highest BCUT2D eigenvalue weighted by Gasteiger charge is 2.31. The first-order chi connectivity index (χ1) is 17.8. The topological polar surface area (TPSA) is 58.5 Å². The molecule has 1 aromatic heterocycles. The third-order valence-electron chi connectivity index (χ3n) is 7.24. The number of nitrogens with one attached hydrogen (secondary N) is 2. The first kappa shape index (κ1) is 23.4. The molecule has 0 aliphatic carbocycles. The van der Waals surface area contributed by atoms with Crippen LogP contribution in [0.2, 0.25) is 0 Å². The van der Waals surface area contributed by atoms with Crippen molar-refractivity contribution in [2.75, 3.05) is 31.3 Å². The number of hydrogen-bond donors (Lipinski definition) is 2. The smallest absolute Gasteiger partial charge is 0.241 e. The van der Waals surface area contributed by atoms with Crippen molar-refractivity contribution in [2.45, 2.75) is 25.1 Å². The highest BCUT2D eigenvalue weighted by Crippen LogP contribution is 2.45. The molecular formula is C28H25F3N4O2. The Morgan fingerprint density at radius 3 is 2.46 bits per heavy atom. The summed E-state index contributed by atoms with van der Waals surface area (Å²) < 4.78 is 50.3. The Bertz CT molecular complexity index is 1530. The van der Waals surface area contributed by atoms with Crippen LogP contribution >= 0.6 is 0 Å². The predicted molar refractivity (Wildman–Crippen MR) is 136 cm³/mol. The Morgan fingerprint density at radius 1 is 1.00 bits per heavy atom. The highest BCUT2D eigenvalue weighted by molar-refractivity contribution is 5.98. The van der Waals surface area contributed by atoms with E-state index < -0.39 is 23.7 Å². The molecule has 9 heteroatoms. The normalized spacial score (nSPS) is 18.8. The minimum Gasteiger partial charge on any atom is -0.465 e. The zero-order chi connectivity index (χ0) is 25.8. The summed E-state index contributed by atoms with van der Waals surface area (Å²) in [5.74, 6) is -3.62. The van der Waals surface area contributed by atoms with Gasteiger partial charge in [-0.25, -0.2) is 13.2 Å². The second kappa shape index (κ2) is 8.85. The van der Waals surface area contributed by atoms with Gasteiger partial charge in [-0.15, -0.1) is 0 Å². The van der Waals surface area contributed by atoms with Crippen molar-refractivity contribution in [1.29, 1.82) is 0 Å². The number of carbonyl (C=O) groups is 1. The van der Waals surface area contributed by atoms with Crippen molar-refractivity contribution >= 4 is 28.2 Å². The average Bonchev–Trinajstić information content (AvgIpc) is 3.49. The van der Waals surface area contributed by atoms with Gasteiger partial charge in [0.1, 0.15) is 5.75 Å². The highest BCUT2D eigenvalue weighted by atomic mass is 19.2. The largest absolute Gasteiger partial charge is 0.465 e. The SMILES string of the molecule is CNc1ccc2c(c1)OC(c1cc(F)c(F)c(F)c1)n1c-2cc2cc(NC(=O)C3CCCN3C)ccc21. The van der Waals surface area contributed by atoms with Gasteiger partial charge < -0.3 is 19.9 Å². The van der Waals surface area contributed by atoms with Crippen LogP contribution in [-0.2, 0) is 4.79 Å². The van der Waals surface area contributed by atoms with E-state index in [2.05, 4.69) is 10.6 Å². The summed E-state index contributed by atoms with van der Waals surface area (Å²) in [6.45, 7) is 0.893. The number of fused-ring (bicyclic) bond motifs is 5. The molecule has 6 nitrogen and oxygen atoms in total. The Balaban J connectivity index is 1.47. The van der Waals surface area contributed by atoms with Gasteiger partial charge in [0.2, 0.25) is 12.1 Å². The number of ether oxygens (including phenoxy) is 1. The van der Waals surface area contributed by atoms with Gasteiger partial charge in [-0.2, -0.15) is 0 Å². The average molecular weight is 507 g/mol. The van der Waals surface area contributed by atoms with Gasteiger partial charge in [-0.1, -0.05) is 0 Å². The molecule has 190 valence electrons. The first-order valence-corrected chi connectivity index (χ1v) is 12.1. The minimum atomic E-state index is -1.52. The van der Waals surface area contributed by atoms with E-state index in [-0.39, 0.29) is 17.5 Å². The van der Waals surface area contributed by atoms with E-state index in [0.717, 1.165) is 59.4 Å². The molecule has 0 bridgehead atoms. The van der Waals surface area contributed by atoms with E-state index in [0.29, 0.717) is 11.4 Å². The number of nitrogens with zero attached hydrogens (tertiary/aromatic N) is 2. The van der Waals surface area contributed by atoms with E-state index in [9.17, 15) is 18.0 Å². The molecule has 1 amide bonds. The summed E-state index contributed by atoms with van der Waals surface area (Å²) in [6.07, 6.45) is 0.866. The number of aromatic nitrogens is 1. The monoisotopic (exact) mass is 506 g/mol. The maximum Gasteiger partial charge on any atom is 0.241 e. The maximum atomic E-state index is 14.2. The second-order valence-corrected chi connectivity index (χ2v) is 9.53. The molecule has 2 aliphatic heterocycles. The van der Waals surface area contributed by atoms with Crippen LogP contribution in [0, 0.1) is 17.5 Å². The molecule has 1 fully saturated rings. The molecule has 2 N–H and O–H groups in total. The number of rotatable bonds is 4. The van der Waals surface area contributed by atoms with Crippen LogP contribution in [-0.4, -0.2) is 42.1 Å². The lowest BCUT2D eigenvalue weighted by atomic mass is 10.1. The molecule has 37 heavy (non-hydrogen) atoms. The number of likely N-dealkylation sites (tertiary alicyclic amines) is 1. The molecule has 3 heterocycles. The Morgan fingerprint density at radius 2 is 1.76 bits per heavy atom. The van der Waals surface area contributed by atoms with Gasteiger partial charge in [0.25, 0.3) is 0 Å². The lowest BCUT2D eigenvalue weighted by Gasteiger charge is -2.30. The van der Waals surface area contributed by atoms with E-state index in [4.69, 9.17) is 4.74 Å². The van der Waals surface area contributed by atoms with Crippen LogP contribution in [0.25, 0.3) is 22.2 Å². The van der Waals surface area contributed by atoms with Gasteiger partial charge in [0, 0.05) is 41.0 Å². The van der Waals surface area contributed by atoms with Crippen molar-refractivity contribution in [3.8, 4) is 17.0 Å². The second-order valence-electron chi connectivity index (χ2n) is 9.53. The van der Waals surface area contributed by atoms with E-state index >= 15 is 0 Å². The van der Waals surface area contributed by atoms with E-state index in [1.54, 1.807) is 13.1 Å². The summed E-state index contributed by atoms with van der Waals surface area (Å²) in [4.78, 5) is 14.9. The summed E-state index contributed by atoms with van der Waals surface area (Å²) >= 11 is 0. The van der Waals surface area contributed by atoms with Crippen molar-refractivity contribution in [2.24, 2.45) is 0 Å². The lowest BCUT2D eigenvalue weighted by Crippen LogP contribution is -2.37. The van der Waals surface area contributed by atoms with Crippen LogP contribution in [0.5, 0.6) is 5.75 Å². The van der Waals surface area contributed by atoms with Gasteiger partial charge in [-0.05, 0) is 75.0 Å². The zero-order valence-corrected chi connectivity index (χ0v) is 20.3. The molecule has 2 atom stereocenters. The van der Waals surface area contributed by atoms with Gasteiger partial charge in [-0.3, -0.25) is 9.69 Å². The van der Waals surface area contributed by atoms with Crippen LogP contribution in [0.4, 0.5) is 24.5 Å². The first-order valence-electron chi connectivity index (χ1n) is 12.1. The van der Waals surface area contributed by atoms with Crippen molar-refractivity contribution in [3.63, 3.8) is 0 Å². The van der Waals surface area contributed by atoms with Gasteiger partial charge in [0.05, 0.1) is 17.3 Å². The summed E-state index contributed by atoms with van der Waals surface area (Å²) in [6, 6.07) is 14.8. The fraction of sp³-hybridized carbons (Fsp3) is 0.250. The maximum absolute atomic E-state index is 14.2. The third kappa shape index (κ3) is 3.90. The molecule has 1 saturated heterocycles.